The minimum absolute atomic E-state index is 0.155. The molecular formula is C12H9Cl2N3O. The molecule has 2 aromatic rings. The highest BCUT2D eigenvalue weighted by Crippen LogP contribution is 2.20. The van der Waals surface area contributed by atoms with Crippen molar-refractivity contribution in [3.8, 4) is 0 Å². The lowest BCUT2D eigenvalue weighted by molar-refractivity contribution is 0.102. The molecular weight excluding hydrogens is 273 g/mol. The van der Waals surface area contributed by atoms with Crippen LogP contribution in [0.4, 0.5) is 5.69 Å². The van der Waals surface area contributed by atoms with Crippen molar-refractivity contribution in [2.75, 3.05) is 5.32 Å². The van der Waals surface area contributed by atoms with Crippen molar-refractivity contribution >= 4 is 34.8 Å². The van der Waals surface area contributed by atoms with Crippen LogP contribution in [0.3, 0.4) is 0 Å². The van der Waals surface area contributed by atoms with Gasteiger partial charge in [-0.25, -0.2) is 4.98 Å². The lowest BCUT2D eigenvalue weighted by Crippen LogP contribution is -2.14. The van der Waals surface area contributed by atoms with Crippen molar-refractivity contribution < 1.29 is 4.79 Å². The van der Waals surface area contributed by atoms with Gasteiger partial charge in [0, 0.05) is 10.7 Å². The number of amides is 1. The minimum atomic E-state index is -0.379. The van der Waals surface area contributed by atoms with E-state index in [1.807, 2.05) is 13.0 Å². The maximum absolute atomic E-state index is 11.9. The summed E-state index contributed by atoms with van der Waals surface area (Å²) in [5, 5.41) is 3.43. The van der Waals surface area contributed by atoms with E-state index in [1.165, 1.54) is 12.4 Å². The minimum Gasteiger partial charge on any atom is -0.320 e. The first-order valence-electron chi connectivity index (χ1n) is 5.11. The Hall–Kier alpha value is -1.65. The lowest BCUT2D eigenvalue weighted by Gasteiger charge is -2.08. The highest BCUT2D eigenvalue weighted by molar-refractivity contribution is 6.31. The van der Waals surface area contributed by atoms with Crippen LogP contribution in [0.5, 0.6) is 0 Å². The molecule has 4 nitrogen and oxygen atoms in total. The molecule has 0 aliphatic rings. The Morgan fingerprint density at radius 2 is 2.06 bits per heavy atom. The Labute approximate surface area is 114 Å². The first kappa shape index (κ1) is 12.8. The summed E-state index contributed by atoms with van der Waals surface area (Å²) in [5.74, 6) is -0.379. The van der Waals surface area contributed by atoms with Gasteiger partial charge in [0.15, 0.2) is 0 Å². The van der Waals surface area contributed by atoms with Gasteiger partial charge in [-0.05, 0) is 24.6 Å². The Kier molecular flexibility index (Phi) is 3.79. The fourth-order valence-corrected chi connectivity index (χ4v) is 1.69. The third-order valence-electron chi connectivity index (χ3n) is 2.29. The summed E-state index contributed by atoms with van der Waals surface area (Å²) in [5.41, 5.74) is 1.69. The number of carbonyl (C=O) groups excluding carboxylic acids is 1. The predicted molar refractivity (Wildman–Crippen MR) is 71.2 cm³/mol. The van der Waals surface area contributed by atoms with Gasteiger partial charge in [0.2, 0.25) is 0 Å². The Morgan fingerprint density at radius 3 is 2.78 bits per heavy atom. The van der Waals surface area contributed by atoms with Crippen LogP contribution in [0.25, 0.3) is 0 Å². The number of nitrogens with zero attached hydrogens (tertiary/aromatic N) is 2. The molecule has 0 saturated heterocycles. The second-order valence-corrected chi connectivity index (χ2v) is 4.46. The van der Waals surface area contributed by atoms with Gasteiger partial charge in [-0.3, -0.25) is 9.78 Å². The van der Waals surface area contributed by atoms with E-state index in [0.29, 0.717) is 10.7 Å². The maximum Gasteiger partial charge on any atom is 0.275 e. The average Bonchev–Trinajstić information content (AvgIpc) is 2.34. The number of carbonyl (C=O) groups is 1. The molecule has 1 aromatic heterocycles. The van der Waals surface area contributed by atoms with Crippen LogP contribution in [0, 0.1) is 6.92 Å². The molecule has 0 unspecified atom stereocenters. The van der Waals surface area contributed by atoms with E-state index in [2.05, 4.69) is 15.3 Å². The van der Waals surface area contributed by atoms with Crippen molar-refractivity contribution in [2.24, 2.45) is 0 Å². The van der Waals surface area contributed by atoms with Crippen LogP contribution < -0.4 is 5.32 Å². The summed E-state index contributed by atoms with van der Waals surface area (Å²) in [6, 6.07) is 5.25. The monoisotopic (exact) mass is 281 g/mol. The van der Waals surface area contributed by atoms with E-state index in [0.717, 1.165) is 5.56 Å². The molecule has 0 fully saturated rings. The molecule has 0 bridgehead atoms. The van der Waals surface area contributed by atoms with E-state index in [9.17, 15) is 4.79 Å². The summed E-state index contributed by atoms with van der Waals surface area (Å²) in [6.45, 7) is 1.87. The van der Waals surface area contributed by atoms with Crippen LogP contribution >= 0.6 is 23.2 Å². The number of aromatic nitrogens is 2. The molecule has 6 heteroatoms. The molecule has 1 amide bonds. The molecule has 1 N–H and O–H groups in total. The van der Waals surface area contributed by atoms with Gasteiger partial charge in [0.1, 0.15) is 10.8 Å². The quantitative estimate of drug-likeness (QED) is 0.919. The van der Waals surface area contributed by atoms with Crippen LogP contribution in [0.2, 0.25) is 10.2 Å². The number of aryl methyl sites for hydroxylation is 1. The number of benzene rings is 1. The fraction of sp³-hybridized carbons (Fsp3) is 0.0833. The van der Waals surface area contributed by atoms with Crippen LogP contribution in [-0.2, 0) is 0 Å². The lowest BCUT2D eigenvalue weighted by atomic mass is 10.2. The zero-order valence-electron chi connectivity index (χ0n) is 9.45. The molecule has 2 rings (SSSR count). The van der Waals surface area contributed by atoms with Crippen molar-refractivity contribution in [3.63, 3.8) is 0 Å². The zero-order valence-corrected chi connectivity index (χ0v) is 11.0. The van der Waals surface area contributed by atoms with Gasteiger partial charge in [-0.15, -0.1) is 0 Å². The summed E-state index contributed by atoms with van der Waals surface area (Å²) in [7, 11) is 0. The van der Waals surface area contributed by atoms with Gasteiger partial charge in [-0.1, -0.05) is 29.3 Å². The van der Waals surface area contributed by atoms with Gasteiger partial charge >= 0.3 is 0 Å². The largest absolute Gasteiger partial charge is 0.320 e. The maximum atomic E-state index is 11.9. The molecule has 92 valence electrons. The SMILES string of the molecule is Cc1ccc(Cl)cc1NC(=O)c1cncc(Cl)n1. The Morgan fingerprint density at radius 1 is 1.28 bits per heavy atom. The first-order chi connectivity index (χ1) is 8.56. The third-order valence-corrected chi connectivity index (χ3v) is 2.70. The van der Waals surface area contributed by atoms with E-state index in [4.69, 9.17) is 23.2 Å². The van der Waals surface area contributed by atoms with E-state index in [1.54, 1.807) is 12.1 Å². The molecule has 0 atom stereocenters. The number of hydrogen-bond donors (Lipinski definition) is 1. The highest BCUT2D eigenvalue weighted by atomic mass is 35.5. The number of rotatable bonds is 2. The summed E-state index contributed by atoms with van der Waals surface area (Å²) >= 11 is 11.5. The summed E-state index contributed by atoms with van der Waals surface area (Å²) < 4.78 is 0. The van der Waals surface area contributed by atoms with Crippen molar-refractivity contribution in [3.05, 3.63) is 52.0 Å². The molecule has 1 aromatic carbocycles. The van der Waals surface area contributed by atoms with Crippen LogP contribution in [0.15, 0.2) is 30.6 Å². The van der Waals surface area contributed by atoms with E-state index < -0.39 is 0 Å². The summed E-state index contributed by atoms with van der Waals surface area (Å²) in [4.78, 5) is 19.6. The van der Waals surface area contributed by atoms with Crippen LogP contribution in [0.1, 0.15) is 16.1 Å². The van der Waals surface area contributed by atoms with Crippen molar-refractivity contribution in [1.82, 2.24) is 9.97 Å². The van der Waals surface area contributed by atoms with Gasteiger partial charge in [0.05, 0.1) is 12.4 Å². The number of halogens is 2. The highest BCUT2D eigenvalue weighted by Gasteiger charge is 2.10. The molecule has 0 saturated carbocycles. The van der Waals surface area contributed by atoms with Gasteiger partial charge < -0.3 is 5.32 Å². The van der Waals surface area contributed by atoms with Crippen molar-refractivity contribution in [1.29, 1.82) is 0 Å². The Bertz CT molecular complexity index is 602. The van der Waals surface area contributed by atoms with Gasteiger partial charge in [0.25, 0.3) is 5.91 Å². The summed E-state index contributed by atoms with van der Waals surface area (Å²) in [6.07, 6.45) is 2.71. The predicted octanol–water partition coefficient (Wildman–Crippen LogP) is 3.34. The number of hydrogen-bond acceptors (Lipinski definition) is 3. The van der Waals surface area contributed by atoms with Gasteiger partial charge in [-0.2, -0.15) is 0 Å². The van der Waals surface area contributed by atoms with E-state index in [-0.39, 0.29) is 16.8 Å². The molecule has 1 heterocycles. The smallest absolute Gasteiger partial charge is 0.275 e. The first-order valence-corrected chi connectivity index (χ1v) is 5.87. The zero-order chi connectivity index (χ0) is 13.1. The molecule has 0 aliphatic carbocycles. The Balaban J connectivity index is 2.24. The number of nitrogens with one attached hydrogen (secondary N) is 1. The molecule has 0 radical (unpaired) electrons. The normalized spacial score (nSPS) is 10.2. The topological polar surface area (TPSA) is 54.9 Å². The van der Waals surface area contributed by atoms with Crippen LogP contribution in [-0.4, -0.2) is 15.9 Å². The van der Waals surface area contributed by atoms with Crippen molar-refractivity contribution in [2.45, 2.75) is 6.92 Å². The second kappa shape index (κ2) is 5.33. The van der Waals surface area contributed by atoms with E-state index >= 15 is 0 Å². The fourth-order valence-electron chi connectivity index (χ4n) is 1.37. The molecule has 18 heavy (non-hydrogen) atoms. The average molecular weight is 282 g/mol. The molecule has 0 aliphatic heterocycles. The number of anilines is 1. The molecule has 0 spiro atoms. The standard InChI is InChI=1S/C12H9Cl2N3O/c1-7-2-3-8(13)4-9(7)17-12(18)10-5-15-6-11(14)16-10/h2-6H,1H3,(H,17,18). The third kappa shape index (κ3) is 2.97. The second-order valence-electron chi connectivity index (χ2n) is 3.64.